The van der Waals surface area contributed by atoms with Gasteiger partial charge in [0.25, 0.3) is 0 Å². The standard InChI is InChI=1S/C11H16FNO5S2/c1-2-6-19(14,15)7-5-18-10-4-3-9(12)8-11(10)20(13,16)17/h3-4,8H,2,5-7H2,1H3,(H2,13,16,17). The summed E-state index contributed by atoms with van der Waals surface area (Å²) >= 11 is 0. The fourth-order valence-corrected chi connectivity index (χ4v) is 3.36. The van der Waals surface area contributed by atoms with E-state index < -0.39 is 30.6 Å². The number of hydrogen-bond acceptors (Lipinski definition) is 5. The number of ether oxygens (including phenoxy) is 1. The number of primary sulfonamides is 1. The van der Waals surface area contributed by atoms with E-state index in [-0.39, 0.29) is 23.9 Å². The summed E-state index contributed by atoms with van der Waals surface area (Å²) in [7, 11) is -7.38. The van der Waals surface area contributed by atoms with Gasteiger partial charge in [-0.3, -0.25) is 0 Å². The van der Waals surface area contributed by atoms with Crippen LogP contribution in [0.2, 0.25) is 0 Å². The maximum atomic E-state index is 13.0. The predicted molar refractivity (Wildman–Crippen MR) is 72.2 cm³/mol. The molecule has 0 saturated carbocycles. The van der Waals surface area contributed by atoms with E-state index in [0.29, 0.717) is 6.42 Å². The van der Waals surface area contributed by atoms with E-state index in [0.717, 1.165) is 18.2 Å². The molecule has 0 atom stereocenters. The van der Waals surface area contributed by atoms with E-state index >= 15 is 0 Å². The van der Waals surface area contributed by atoms with Gasteiger partial charge >= 0.3 is 0 Å². The molecule has 0 bridgehead atoms. The highest BCUT2D eigenvalue weighted by Crippen LogP contribution is 2.23. The summed E-state index contributed by atoms with van der Waals surface area (Å²) in [5, 5.41) is 4.94. The van der Waals surface area contributed by atoms with Crippen molar-refractivity contribution in [2.24, 2.45) is 5.14 Å². The monoisotopic (exact) mass is 325 g/mol. The van der Waals surface area contributed by atoms with Gasteiger partial charge in [-0.2, -0.15) is 0 Å². The Morgan fingerprint density at radius 2 is 1.85 bits per heavy atom. The number of benzene rings is 1. The Labute approximate surface area is 117 Å². The van der Waals surface area contributed by atoms with Crippen LogP contribution in [0, 0.1) is 5.82 Å². The van der Waals surface area contributed by atoms with Gasteiger partial charge < -0.3 is 4.74 Å². The second-order valence-electron chi connectivity index (χ2n) is 4.14. The van der Waals surface area contributed by atoms with Gasteiger partial charge in [-0.25, -0.2) is 26.4 Å². The lowest BCUT2D eigenvalue weighted by Gasteiger charge is -2.10. The van der Waals surface area contributed by atoms with Crippen molar-refractivity contribution in [3.05, 3.63) is 24.0 Å². The molecule has 1 rings (SSSR count). The van der Waals surface area contributed by atoms with Crippen molar-refractivity contribution in [3.63, 3.8) is 0 Å². The first-order chi connectivity index (χ1) is 9.15. The first-order valence-corrected chi connectivity index (χ1v) is 9.18. The zero-order valence-corrected chi connectivity index (χ0v) is 12.5. The normalized spacial score (nSPS) is 12.3. The van der Waals surface area contributed by atoms with Gasteiger partial charge in [0.15, 0.2) is 9.84 Å². The molecule has 0 saturated heterocycles. The van der Waals surface area contributed by atoms with Crippen LogP contribution in [0.15, 0.2) is 23.1 Å². The molecule has 0 amide bonds. The third-order valence-electron chi connectivity index (χ3n) is 2.38. The van der Waals surface area contributed by atoms with E-state index in [1.165, 1.54) is 0 Å². The lowest BCUT2D eigenvalue weighted by molar-refractivity contribution is 0.331. The zero-order valence-electron chi connectivity index (χ0n) is 10.9. The maximum absolute atomic E-state index is 13.0. The molecule has 0 spiro atoms. The Kier molecular flexibility index (Phi) is 5.49. The zero-order chi connectivity index (χ0) is 15.4. The first-order valence-electron chi connectivity index (χ1n) is 5.81. The van der Waals surface area contributed by atoms with Crippen LogP contribution in [-0.2, 0) is 19.9 Å². The highest BCUT2D eigenvalue weighted by atomic mass is 32.2. The third kappa shape index (κ3) is 5.06. The molecule has 0 fully saturated rings. The second kappa shape index (κ2) is 6.51. The number of nitrogens with two attached hydrogens (primary N) is 1. The Morgan fingerprint density at radius 3 is 2.40 bits per heavy atom. The molecule has 0 aliphatic heterocycles. The van der Waals surface area contributed by atoms with Crippen LogP contribution in [0.25, 0.3) is 0 Å². The molecule has 0 radical (unpaired) electrons. The van der Waals surface area contributed by atoms with Crippen molar-refractivity contribution in [2.75, 3.05) is 18.1 Å². The molecule has 20 heavy (non-hydrogen) atoms. The van der Waals surface area contributed by atoms with Gasteiger partial charge in [0.1, 0.15) is 23.1 Å². The molecule has 0 heterocycles. The van der Waals surface area contributed by atoms with E-state index in [4.69, 9.17) is 9.88 Å². The van der Waals surface area contributed by atoms with Crippen molar-refractivity contribution in [3.8, 4) is 5.75 Å². The maximum Gasteiger partial charge on any atom is 0.241 e. The summed E-state index contributed by atoms with van der Waals surface area (Å²) in [6.07, 6.45) is 0.487. The fraction of sp³-hybridized carbons (Fsp3) is 0.455. The van der Waals surface area contributed by atoms with Crippen LogP contribution < -0.4 is 9.88 Å². The molecule has 1 aromatic rings. The van der Waals surface area contributed by atoms with Crippen LogP contribution >= 0.6 is 0 Å². The minimum absolute atomic E-state index is 0.0296. The number of sulfonamides is 1. The van der Waals surface area contributed by atoms with Gasteiger partial charge in [0.05, 0.1) is 11.5 Å². The van der Waals surface area contributed by atoms with Crippen molar-refractivity contribution >= 4 is 19.9 Å². The number of hydrogen-bond donors (Lipinski definition) is 1. The van der Waals surface area contributed by atoms with Crippen molar-refractivity contribution in [1.82, 2.24) is 0 Å². The number of rotatable bonds is 7. The van der Waals surface area contributed by atoms with Crippen LogP contribution in [0.3, 0.4) is 0 Å². The predicted octanol–water partition coefficient (Wildman–Crippen LogP) is 0.677. The molecule has 9 heteroatoms. The van der Waals surface area contributed by atoms with Gasteiger partial charge in [-0.1, -0.05) is 6.92 Å². The average Bonchev–Trinajstić information content (AvgIpc) is 2.29. The van der Waals surface area contributed by atoms with Gasteiger partial charge in [-0.05, 0) is 24.6 Å². The largest absolute Gasteiger partial charge is 0.491 e. The molecule has 0 aliphatic carbocycles. The Morgan fingerprint density at radius 1 is 1.20 bits per heavy atom. The molecule has 0 unspecified atom stereocenters. The minimum atomic E-state index is -4.15. The molecular weight excluding hydrogens is 309 g/mol. The molecule has 0 aromatic heterocycles. The Balaban J connectivity index is 2.84. The summed E-state index contributed by atoms with van der Waals surface area (Å²) < 4.78 is 63.6. The molecular formula is C11H16FNO5S2. The highest BCUT2D eigenvalue weighted by Gasteiger charge is 2.17. The average molecular weight is 325 g/mol. The highest BCUT2D eigenvalue weighted by molar-refractivity contribution is 7.91. The third-order valence-corrected chi connectivity index (χ3v) is 5.13. The van der Waals surface area contributed by atoms with Crippen LogP contribution in [0.5, 0.6) is 5.75 Å². The van der Waals surface area contributed by atoms with Crippen LogP contribution in [0.4, 0.5) is 4.39 Å². The van der Waals surface area contributed by atoms with E-state index in [2.05, 4.69) is 0 Å². The van der Waals surface area contributed by atoms with E-state index in [9.17, 15) is 21.2 Å². The lowest BCUT2D eigenvalue weighted by Crippen LogP contribution is -2.19. The van der Waals surface area contributed by atoms with Crippen molar-refractivity contribution in [2.45, 2.75) is 18.2 Å². The van der Waals surface area contributed by atoms with Gasteiger partial charge in [0.2, 0.25) is 10.0 Å². The van der Waals surface area contributed by atoms with Crippen molar-refractivity contribution < 1.29 is 26.0 Å². The topological polar surface area (TPSA) is 104 Å². The Hall–Kier alpha value is -1.19. The number of halogens is 1. The lowest BCUT2D eigenvalue weighted by atomic mass is 10.3. The smallest absolute Gasteiger partial charge is 0.241 e. The SMILES string of the molecule is CCCS(=O)(=O)CCOc1ccc(F)cc1S(N)(=O)=O. The van der Waals surface area contributed by atoms with Crippen molar-refractivity contribution in [1.29, 1.82) is 0 Å². The number of sulfone groups is 1. The summed E-state index contributed by atoms with van der Waals surface area (Å²) in [6, 6.07) is 2.83. The van der Waals surface area contributed by atoms with E-state index in [1.807, 2.05) is 0 Å². The summed E-state index contributed by atoms with van der Waals surface area (Å²) in [5.74, 6) is -1.16. The summed E-state index contributed by atoms with van der Waals surface area (Å²) in [6.45, 7) is 1.51. The second-order valence-corrected chi connectivity index (χ2v) is 7.97. The fourth-order valence-electron chi connectivity index (χ4n) is 1.52. The molecule has 2 N–H and O–H groups in total. The van der Waals surface area contributed by atoms with Crippen LogP contribution in [-0.4, -0.2) is 34.9 Å². The summed E-state index contributed by atoms with van der Waals surface area (Å²) in [4.78, 5) is -0.509. The first kappa shape index (κ1) is 16.9. The Bertz CT molecular complexity index is 670. The van der Waals surface area contributed by atoms with Crippen LogP contribution in [0.1, 0.15) is 13.3 Å². The van der Waals surface area contributed by atoms with Gasteiger partial charge in [0, 0.05) is 0 Å². The molecule has 1 aromatic carbocycles. The minimum Gasteiger partial charge on any atom is -0.491 e. The molecule has 114 valence electrons. The summed E-state index contributed by atoms with van der Waals surface area (Å²) in [5.41, 5.74) is 0. The van der Waals surface area contributed by atoms with Gasteiger partial charge in [-0.15, -0.1) is 0 Å². The molecule has 0 aliphatic rings. The quantitative estimate of drug-likeness (QED) is 0.794. The van der Waals surface area contributed by atoms with E-state index in [1.54, 1.807) is 6.92 Å². The molecule has 6 nitrogen and oxygen atoms in total.